The average molecular weight is 629 g/mol. The molecule has 47 heavy (non-hydrogen) atoms. The zero-order chi connectivity index (χ0) is 32.5. The molecule has 2 aromatic heterocycles. The fraction of sp³-hybridized carbons (Fsp3) is 0.167. The van der Waals surface area contributed by atoms with Crippen LogP contribution in [0.25, 0.3) is 27.5 Å². The molecule has 0 unspecified atom stereocenters. The summed E-state index contributed by atoms with van der Waals surface area (Å²) in [6.07, 6.45) is 4.71. The number of aliphatic hydroxyl groups is 1. The minimum absolute atomic E-state index is 0.132. The number of anilines is 3. The summed E-state index contributed by atoms with van der Waals surface area (Å²) in [6.45, 7) is 1.46. The first kappa shape index (κ1) is 29.8. The molecule has 11 heteroatoms. The molecule has 0 saturated carbocycles. The molecule has 4 N–H and O–H groups in total. The van der Waals surface area contributed by atoms with E-state index < -0.39 is 5.97 Å². The summed E-state index contributed by atoms with van der Waals surface area (Å²) in [5.74, 6) is -1.40. The lowest BCUT2D eigenvalue weighted by Crippen LogP contribution is -2.35. The molecule has 1 aliphatic heterocycles. The van der Waals surface area contributed by atoms with Crippen LogP contribution in [0.3, 0.4) is 0 Å². The molecular formula is C36H32N6O5. The van der Waals surface area contributed by atoms with Crippen LogP contribution in [-0.2, 0) is 11.3 Å². The summed E-state index contributed by atoms with van der Waals surface area (Å²) in [5.41, 5.74) is 5.73. The second kappa shape index (κ2) is 12.5. The number of hydrogen-bond donors (Lipinski definition) is 4. The highest BCUT2D eigenvalue weighted by atomic mass is 16.4. The Hall–Kier alpha value is -5.94. The Bertz CT molecular complexity index is 2110. The van der Waals surface area contributed by atoms with Crippen molar-refractivity contribution in [1.29, 1.82) is 0 Å². The molecule has 2 amide bonds. The third-order valence-electron chi connectivity index (χ3n) is 8.49. The minimum Gasteiger partial charge on any atom is -0.480 e. The molecule has 1 aliphatic rings. The maximum Gasteiger partial charge on any atom is 0.323 e. The summed E-state index contributed by atoms with van der Waals surface area (Å²) >= 11 is 0. The van der Waals surface area contributed by atoms with Gasteiger partial charge in [0.1, 0.15) is 6.54 Å². The van der Waals surface area contributed by atoms with Gasteiger partial charge < -0.3 is 30.3 Å². The van der Waals surface area contributed by atoms with Crippen molar-refractivity contribution >= 4 is 56.7 Å². The molecule has 4 aromatic carbocycles. The molecule has 1 fully saturated rings. The number of carboxylic acids is 1. The molecule has 236 valence electrons. The quantitative estimate of drug-likeness (QED) is 0.174. The number of piperidine rings is 1. The first-order valence-electron chi connectivity index (χ1n) is 15.4. The van der Waals surface area contributed by atoms with Crippen molar-refractivity contribution in [1.82, 2.24) is 14.3 Å². The van der Waals surface area contributed by atoms with Crippen LogP contribution in [0, 0.1) is 0 Å². The van der Waals surface area contributed by atoms with Gasteiger partial charge >= 0.3 is 5.97 Å². The fourth-order valence-electron chi connectivity index (χ4n) is 5.99. The predicted octanol–water partition coefficient (Wildman–Crippen LogP) is 5.53. The number of fused-ring (bicyclic) bond motifs is 2. The van der Waals surface area contributed by atoms with E-state index in [1.807, 2.05) is 66.7 Å². The smallest absolute Gasteiger partial charge is 0.323 e. The van der Waals surface area contributed by atoms with Gasteiger partial charge in [-0.3, -0.25) is 14.4 Å². The molecule has 0 atom stereocenters. The average Bonchev–Trinajstić information content (AvgIpc) is 3.68. The van der Waals surface area contributed by atoms with E-state index in [0.717, 1.165) is 59.1 Å². The fourth-order valence-corrected chi connectivity index (χ4v) is 5.99. The highest BCUT2D eigenvalue weighted by Crippen LogP contribution is 2.25. The number of carboxylic acid groups (broad SMARTS) is 1. The van der Waals surface area contributed by atoms with E-state index >= 15 is 0 Å². The lowest BCUT2D eigenvalue weighted by Gasteiger charge is -2.31. The van der Waals surface area contributed by atoms with Crippen LogP contribution in [0.5, 0.6) is 0 Å². The molecule has 11 nitrogen and oxygen atoms in total. The lowest BCUT2D eigenvalue weighted by atomic mass is 10.1. The third kappa shape index (κ3) is 6.29. The second-order valence-corrected chi connectivity index (χ2v) is 11.7. The van der Waals surface area contributed by atoms with Crippen molar-refractivity contribution in [2.24, 2.45) is 0 Å². The van der Waals surface area contributed by atoms with E-state index in [2.05, 4.69) is 20.6 Å². The molecule has 7 rings (SSSR count). The molecular weight excluding hydrogens is 596 g/mol. The molecule has 0 aliphatic carbocycles. The largest absolute Gasteiger partial charge is 0.480 e. The Kier molecular flexibility index (Phi) is 7.88. The van der Waals surface area contributed by atoms with Gasteiger partial charge in [0.25, 0.3) is 11.8 Å². The minimum atomic E-state index is -0.922. The van der Waals surface area contributed by atoms with Gasteiger partial charge in [-0.05, 0) is 104 Å². The second-order valence-electron chi connectivity index (χ2n) is 11.7. The Morgan fingerprint density at radius 2 is 1.30 bits per heavy atom. The monoisotopic (exact) mass is 628 g/mol. The highest BCUT2D eigenvalue weighted by molar-refractivity contribution is 6.06. The Balaban J connectivity index is 0.998. The van der Waals surface area contributed by atoms with Crippen molar-refractivity contribution in [3.63, 3.8) is 0 Å². The zero-order valence-electron chi connectivity index (χ0n) is 25.3. The number of aliphatic hydroxyl groups excluding tert-OH is 1. The number of amides is 2. The van der Waals surface area contributed by atoms with E-state index in [1.165, 1.54) is 0 Å². The van der Waals surface area contributed by atoms with Gasteiger partial charge in [-0.1, -0.05) is 0 Å². The SMILES string of the molecule is O=C(O)Cn1ccc2cc(NC(=O)c3ccc(-n4ncc5cc(NC(=O)c6ccc(N7CCC(O)CC7)cc6)ccc54)cc3)ccc21. The molecule has 0 spiro atoms. The van der Waals surface area contributed by atoms with E-state index in [9.17, 15) is 19.5 Å². The summed E-state index contributed by atoms with van der Waals surface area (Å²) in [6, 6.07) is 27.4. The van der Waals surface area contributed by atoms with Crippen LogP contribution in [0.2, 0.25) is 0 Å². The maximum atomic E-state index is 13.0. The number of benzene rings is 4. The van der Waals surface area contributed by atoms with Crippen molar-refractivity contribution < 1.29 is 24.6 Å². The van der Waals surface area contributed by atoms with E-state index in [4.69, 9.17) is 5.11 Å². The number of nitrogens with one attached hydrogen (secondary N) is 2. The topological polar surface area (TPSA) is 142 Å². The summed E-state index contributed by atoms with van der Waals surface area (Å²) in [5, 5.41) is 30.9. The van der Waals surface area contributed by atoms with Crippen LogP contribution in [0.15, 0.2) is 103 Å². The number of aromatic nitrogens is 3. The van der Waals surface area contributed by atoms with Crippen LogP contribution in [-0.4, -0.2) is 61.5 Å². The Morgan fingerprint density at radius 1 is 0.723 bits per heavy atom. The Morgan fingerprint density at radius 3 is 1.91 bits per heavy atom. The molecule has 3 heterocycles. The zero-order valence-corrected chi connectivity index (χ0v) is 25.3. The van der Waals surface area contributed by atoms with Crippen LogP contribution < -0.4 is 15.5 Å². The maximum absolute atomic E-state index is 13.0. The van der Waals surface area contributed by atoms with Gasteiger partial charge in [0.2, 0.25) is 0 Å². The van der Waals surface area contributed by atoms with Gasteiger partial charge in [-0.15, -0.1) is 0 Å². The number of carbonyl (C=O) groups excluding carboxylic acids is 2. The standard InChI is InChI=1S/C36H32N6O5/c43-31-14-17-40(18-15-31)29-7-1-23(2-8-29)35(46)39-28-6-12-33-26(20-28)21-37-42(33)30-9-3-24(4-10-30)36(47)38-27-5-11-32-25(19-27)13-16-41(32)22-34(44)45/h1-13,16,19-21,31,43H,14-15,17-18,22H2,(H,38,47)(H,39,46)(H,44,45). The molecule has 6 aromatic rings. The number of nitrogens with zero attached hydrogens (tertiary/aromatic N) is 4. The van der Waals surface area contributed by atoms with Gasteiger partial charge in [-0.2, -0.15) is 5.10 Å². The number of carbonyl (C=O) groups is 3. The van der Waals surface area contributed by atoms with Crippen molar-refractivity contribution in [3.05, 3.63) is 115 Å². The van der Waals surface area contributed by atoms with Gasteiger partial charge in [-0.25, -0.2) is 4.68 Å². The van der Waals surface area contributed by atoms with Crippen molar-refractivity contribution in [2.75, 3.05) is 28.6 Å². The number of rotatable bonds is 8. The van der Waals surface area contributed by atoms with Gasteiger partial charge in [0.05, 0.1) is 23.5 Å². The highest BCUT2D eigenvalue weighted by Gasteiger charge is 2.18. The summed E-state index contributed by atoms with van der Waals surface area (Å²) in [4.78, 5) is 39.3. The lowest BCUT2D eigenvalue weighted by molar-refractivity contribution is -0.137. The van der Waals surface area contributed by atoms with Crippen molar-refractivity contribution in [2.45, 2.75) is 25.5 Å². The first-order valence-corrected chi connectivity index (χ1v) is 15.4. The van der Waals surface area contributed by atoms with Crippen molar-refractivity contribution in [3.8, 4) is 5.69 Å². The van der Waals surface area contributed by atoms with Crippen LogP contribution in [0.1, 0.15) is 33.6 Å². The molecule has 1 saturated heterocycles. The Labute approximate surface area is 269 Å². The summed E-state index contributed by atoms with van der Waals surface area (Å²) < 4.78 is 3.42. The molecule has 0 radical (unpaired) electrons. The van der Waals surface area contributed by atoms with Gasteiger partial charge in [0.15, 0.2) is 0 Å². The van der Waals surface area contributed by atoms with E-state index in [-0.39, 0.29) is 24.5 Å². The predicted molar refractivity (Wildman–Crippen MR) is 180 cm³/mol. The first-order chi connectivity index (χ1) is 22.8. The van der Waals surface area contributed by atoms with E-state index in [1.54, 1.807) is 45.9 Å². The van der Waals surface area contributed by atoms with Gasteiger partial charge in [0, 0.05) is 63.8 Å². The van der Waals surface area contributed by atoms with Crippen LogP contribution >= 0.6 is 0 Å². The van der Waals surface area contributed by atoms with E-state index in [0.29, 0.717) is 22.5 Å². The third-order valence-corrected chi connectivity index (χ3v) is 8.49. The number of hydrogen-bond acceptors (Lipinski definition) is 6. The normalized spacial score (nSPS) is 13.6. The molecule has 0 bridgehead atoms. The summed E-state index contributed by atoms with van der Waals surface area (Å²) in [7, 11) is 0. The number of aliphatic carboxylic acids is 1. The van der Waals surface area contributed by atoms with Crippen LogP contribution in [0.4, 0.5) is 17.1 Å².